The highest BCUT2D eigenvalue weighted by atomic mass is 32.2. The zero-order chi connectivity index (χ0) is 14.1. The van der Waals surface area contributed by atoms with Gasteiger partial charge in [0, 0.05) is 0 Å². The number of carboxylic acids is 1. The van der Waals surface area contributed by atoms with Gasteiger partial charge in [-0.2, -0.15) is 5.21 Å². The lowest BCUT2D eigenvalue weighted by molar-refractivity contribution is 0.0694. The molecule has 0 fully saturated rings. The summed E-state index contributed by atoms with van der Waals surface area (Å²) in [4.78, 5) is 11.1. The van der Waals surface area contributed by atoms with E-state index < -0.39 is 13.1 Å². The Morgan fingerprint density at radius 3 is 3.10 bits per heavy atom. The molecule has 3 N–H and O–H groups in total. The summed E-state index contributed by atoms with van der Waals surface area (Å²) in [6.07, 6.45) is 0.455. The van der Waals surface area contributed by atoms with Crippen LogP contribution in [0.3, 0.4) is 0 Å². The maximum Gasteiger partial charge on any atom is 0.537 e. The molecule has 0 radical (unpaired) electrons. The van der Waals surface area contributed by atoms with Crippen LogP contribution in [0.1, 0.15) is 15.9 Å². The number of thioether (sulfide) groups is 1. The molecular weight excluding hydrogens is 283 g/mol. The predicted molar refractivity (Wildman–Crippen MR) is 69.5 cm³/mol. The van der Waals surface area contributed by atoms with Gasteiger partial charge in [0.1, 0.15) is 5.75 Å². The van der Waals surface area contributed by atoms with Crippen LogP contribution in [0.2, 0.25) is 0 Å². The molecule has 0 bridgehead atoms. The molecule has 0 spiro atoms. The second kappa shape index (κ2) is 5.14. The highest BCUT2D eigenvalue weighted by Crippen LogP contribution is 2.35. The van der Waals surface area contributed by atoms with Gasteiger partial charge in [-0.3, -0.25) is 0 Å². The number of rotatable bonds is 3. The van der Waals surface area contributed by atoms with Crippen molar-refractivity contribution in [3.8, 4) is 5.75 Å². The SMILES string of the molecule is O=C(O)c1cccc2c1OB(O)[C@@H](Sc1nn[nH]n1)C2. The number of para-hydroxylation sites is 1. The van der Waals surface area contributed by atoms with E-state index in [1.54, 1.807) is 12.1 Å². The molecule has 1 aliphatic rings. The van der Waals surface area contributed by atoms with Gasteiger partial charge >= 0.3 is 13.1 Å². The Bertz CT molecular complexity index is 638. The Balaban J connectivity index is 1.87. The summed E-state index contributed by atoms with van der Waals surface area (Å²) in [6.45, 7) is 0. The number of aromatic nitrogens is 4. The lowest BCUT2D eigenvalue weighted by atomic mass is 9.77. The summed E-state index contributed by atoms with van der Waals surface area (Å²) < 4.78 is 5.35. The number of benzene rings is 1. The van der Waals surface area contributed by atoms with E-state index in [1.165, 1.54) is 17.8 Å². The second-order valence-electron chi connectivity index (χ2n) is 4.16. The molecule has 1 aromatic carbocycles. The number of hydrogen-bond acceptors (Lipinski definition) is 7. The van der Waals surface area contributed by atoms with Gasteiger partial charge in [0.15, 0.2) is 0 Å². The first-order chi connectivity index (χ1) is 9.65. The van der Waals surface area contributed by atoms with Gasteiger partial charge in [0.05, 0.1) is 10.7 Å². The Hall–Kier alpha value is -2.07. The molecule has 8 nitrogen and oxygen atoms in total. The van der Waals surface area contributed by atoms with Crippen LogP contribution in [-0.4, -0.2) is 49.0 Å². The van der Waals surface area contributed by atoms with E-state index in [9.17, 15) is 9.82 Å². The minimum absolute atomic E-state index is 0.0459. The van der Waals surface area contributed by atoms with Crippen molar-refractivity contribution >= 4 is 24.8 Å². The number of fused-ring (bicyclic) bond motifs is 1. The molecule has 0 saturated heterocycles. The Morgan fingerprint density at radius 1 is 1.55 bits per heavy atom. The molecule has 1 atom stereocenters. The van der Waals surface area contributed by atoms with Crippen LogP contribution in [0.15, 0.2) is 23.4 Å². The van der Waals surface area contributed by atoms with Crippen molar-refractivity contribution in [1.82, 2.24) is 20.6 Å². The fourth-order valence-corrected chi connectivity index (χ4v) is 2.89. The summed E-state index contributed by atoms with van der Waals surface area (Å²) in [6, 6.07) is 4.87. The molecule has 10 heteroatoms. The van der Waals surface area contributed by atoms with Crippen LogP contribution in [0.4, 0.5) is 0 Å². The Morgan fingerprint density at radius 2 is 2.40 bits per heavy atom. The van der Waals surface area contributed by atoms with Crippen LogP contribution >= 0.6 is 11.8 Å². The standard InChI is InChI=1S/C10H9BN4O4S/c16-9(17)6-3-1-2-5-4-7(11(18)19-8(5)6)20-10-12-14-15-13-10/h1-3,7,18H,4H2,(H,16,17)(H,12,13,14,15)/t7-/m0/s1. The summed E-state index contributed by atoms with van der Waals surface area (Å²) >= 11 is 1.22. The molecule has 0 amide bonds. The van der Waals surface area contributed by atoms with E-state index in [2.05, 4.69) is 20.6 Å². The molecule has 1 aliphatic heterocycles. The zero-order valence-electron chi connectivity index (χ0n) is 10.1. The number of tetrazole rings is 1. The number of nitrogens with one attached hydrogen (secondary N) is 1. The fraction of sp³-hybridized carbons (Fsp3) is 0.200. The number of aromatic amines is 1. The van der Waals surface area contributed by atoms with Gasteiger partial charge in [-0.05, 0) is 23.3 Å². The van der Waals surface area contributed by atoms with Crippen molar-refractivity contribution < 1.29 is 19.6 Å². The predicted octanol–water partition coefficient (Wildman–Crippen LogP) is 0.0134. The van der Waals surface area contributed by atoms with Crippen molar-refractivity contribution in [3.05, 3.63) is 29.3 Å². The van der Waals surface area contributed by atoms with Crippen molar-refractivity contribution in [2.45, 2.75) is 16.7 Å². The van der Waals surface area contributed by atoms with Crippen LogP contribution < -0.4 is 4.65 Å². The summed E-state index contributed by atoms with van der Waals surface area (Å²) in [5.41, 5.74) is 0.778. The molecule has 0 saturated carbocycles. The van der Waals surface area contributed by atoms with E-state index in [1.807, 2.05) is 0 Å². The average molecular weight is 292 g/mol. The van der Waals surface area contributed by atoms with Crippen LogP contribution in [-0.2, 0) is 6.42 Å². The first-order valence-corrected chi connectivity index (χ1v) is 6.63. The summed E-state index contributed by atoms with van der Waals surface area (Å²) in [7, 11) is -1.13. The van der Waals surface area contributed by atoms with Crippen molar-refractivity contribution in [2.24, 2.45) is 0 Å². The third kappa shape index (κ3) is 2.34. The average Bonchev–Trinajstić information content (AvgIpc) is 2.91. The lowest BCUT2D eigenvalue weighted by Crippen LogP contribution is -2.40. The fourth-order valence-electron chi connectivity index (χ4n) is 2.01. The van der Waals surface area contributed by atoms with E-state index >= 15 is 0 Å². The van der Waals surface area contributed by atoms with Crippen LogP contribution in [0.5, 0.6) is 5.75 Å². The van der Waals surface area contributed by atoms with E-state index in [0.717, 1.165) is 5.56 Å². The van der Waals surface area contributed by atoms with Crippen LogP contribution in [0, 0.1) is 0 Å². The number of carbonyl (C=O) groups is 1. The number of nitrogens with zero attached hydrogens (tertiary/aromatic N) is 3. The Labute approximate surface area is 117 Å². The first-order valence-electron chi connectivity index (χ1n) is 5.75. The van der Waals surface area contributed by atoms with Gasteiger partial charge < -0.3 is 14.8 Å². The third-order valence-electron chi connectivity index (χ3n) is 2.89. The van der Waals surface area contributed by atoms with Gasteiger partial charge in [-0.1, -0.05) is 23.9 Å². The number of carboxylic acid groups (broad SMARTS) is 1. The van der Waals surface area contributed by atoms with Gasteiger partial charge in [-0.25, -0.2) is 4.79 Å². The summed E-state index contributed by atoms with van der Waals surface area (Å²) in [5, 5.41) is 32.5. The van der Waals surface area contributed by atoms with Crippen LogP contribution in [0.25, 0.3) is 0 Å². The van der Waals surface area contributed by atoms with Gasteiger partial charge in [-0.15, -0.1) is 10.2 Å². The molecular formula is C10H9BN4O4S. The van der Waals surface area contributed by atoms with Gasteiger partial charge in [0.2, 0.25) is 5.16 Å². The monoisotopic (exact) mass is 292 g/mol. The maximum atomic E-state index is 11.1. The van der Waals surface area contributed by atoms with Crippen molar-refractivity contribution in [2.75, 3.05) is 0 Å². The van der Waals surface area contributed by atoms with E-state index in [0.29, 0.717) is 11.6 Å². The largest absolute Gasteiger partial charge is 0.537 e. The highest BCUT2D eigenvalue weighted by molar-refractivity contribution is 8.01. The molecule has 3 rings (SSSR count). The number of hydrogen-bond donors (Lipinski definition) is 3. The molecule has 1 aromatic heterocycles. The smallest absolute Gasteiger partial charge is 0.535 e. The molecule has 0 unspecified atom stereocenters. The molecule has 2 heterocycles. The molecule has 2 aromatic rings. The van der Waals surface area contributed by atoms with E-state index in [-0.39, 0.29) is 16.5 Å². The minimum atomic E-state index is -1.13. The second-order valence-corrected chi connectivity index (χ2v) is 5.37. The minimum Gasteiger partial charge on any atom is -0.535 e. The van der Waals surface area contributed by atoms with Gasteiger partial charge in [0.25, 0.3) is 0 Å². The molecule has 20 heavy (non-hydrogen) atoms. The number of H-pyrrole nitrogens is 1. The quantitative estimate of drug-likeness (QED) is 0.676. The van der Waals surface area contributed by atoms with E-state index in [4.69, 9.17) is 9.76 Å². The number of aromatic carboxylic acids is 1. The topological polar surface area (TPSA) is 121 Å². The summed E-state index contributed by atoms with van der Waals surface area (Å²) in [5.74, 6) is -0.865. The van der Waals surface area contributed by atoms with Crippen molar-refractivity contribution in [3.63, 3.8) is 0 Å². The maximum absolute atomic E-state index is 11.1. The highest BCUT2D eigenvalue weighted by Gasteiger charge is 2.38. The van der Waals surface area contributed by atoms with Crippen molar-refractivity contribution in [1.29, 1.82) is 0 Å². The third-order valence-corrected chi connectivity index (χ3v) is 3.97. The first kappa shape index (κ1) is 12.9. The molecule has 0 aliphatic carbocycles. The zero-order valence-corrected chi connectivity index (χ0v) is 10.9. The molecule has 102 valence electrons. The normalized spacial score (nSPS) is 17.4. The Kier molecular flexibility index (Phi) is 3.32. The lowest BCUT2D eigenvalue weighted by Gasteiger charge is -2.27.